The molecule has 0 saturated heterocycles. The molecule has 1 aliphatic rings. The maximum Gasteiger partial charge on any atom is 0.341 e. The lowest BCUT2D eigenvalue weighted by Gasteiger charge is -2.12. The molecule has 0 spiro atoms. The molecule has 110 valence electrons. The summed E-state index contributed by atoms with van der Waals surface area (Å²) in [7, 11) is -3.95. The van der Waals surface area contributed by atoms with Gasteiger partial charge < -0.3 is 5.11 Å². The molecule has 0 aliphatic heterocycles. The number of benzene rings is 1. The van der Waals surface area contributed by atoms with E-state index in [2.05, 4.69) is 0 Å². The molecule has 0 bridgehead atoms. The van der Waals surface area contributed by atoms with Crippen molar-refractivity contribution in [3.05, 3.63) is 29.3 Å². The molecule has 0 heterocycles. The molecule has 1 aromatic rings. The molecule has 4 nitrogen and oxygen atoms in total. The van der Waals surface area contributed by atoms with Gasteiger partial charge in [0.15, 0.2) is 15.7 Å². The number of rotatable bonds is 4. The third-order valence-electron chi connectivity index (χ3n) is 3.53. The molecule has 0 unspecified atom stereocenters. The van der Waals surface area contributed by atoms with E-state index >= 15 is 0 Å². The zero-order chi connectivity index (χ0) is 14.9. The van der Waals surface area contributed by atoms with Gasteiger partial charge in [0.25, 0.3) is 0 Å². The van der Waals surface area contributed by atoms with Crippen LogP contribution in [-0.4, -0.2) is 25.2 Å². The molecule has 0 amide bonds. The number of aromatic carboxylic acids is 1. The highest BCUT2D eigenvalue weighted by Gasteiger charge is 2.30. The molecule has 1 N–H and O–H groups in total. The van der Waals surface area contributed by atoms with Gasteiger partial charge in [0.1, 0.15) is 16.3 Å². The van der Waals surface area contributed by atoms with E-state index in [0.717, 1.165) is 31.7 Å². The van der Waals surface area contributed by atoms with Crippen LogP contribution < -0.4 is 0 Å². The Labute approximate surface area is 115 Å². The van der Waals surface area contributed by atoms with E-state index in [-0.39, 0.29) is 11.7 Å². The topological polar surface area (TPSA) is 71.4 Å². The Morgan fingerprint density at radius 2 is 1.85 bits per heavy atom. The van der Waals surface area contributed by atoms with Gasteiger partial charge in [-0.3, -0.25) is 0 Å². The first kappa shape index (κ1) is 14.9. The predicted molar refractivity (Wildman–Crippen MR) is 67.3 cm³/mol. The summed E-state index contributed by atoms with van der Waals surface area (Å²) >= 11 is 0. The minimum absolute atomic E-state index is 0.0438. The lowest BCUT2D eigenvalue weighted by Crippen LogP contribution is -2.17. The molecule has 1 aliphatic carbocycles. The van der Waals surface area contributed by atoms with Crippen molar-refractivity contribution < 1.29 is 27.1 Å². The number of hydrogen-bond acceptors (Lipinski definition) is 3. The SMILES string of the molecule is O=C(O)c1c(F)ccc(S(=O)(=O)CC2CCCC2)c1F. The number of sulfone groups is 1. The van der Waals surface area contributed by atoms with Gasteiger partial charge in [-0.25, -0.2) is 22.0 Å². The van der Waals surface area contributed by atoms with Gasteiger partial charge in [0, 0.05) is 0 Å². The van der Waals surface area contributed by atoms with Crippen molar-refractivity contribution in [2.45, 2.75) is 30.6 Å². The monoisotopic (exact) mass is 304 g/mol. The van der Waals surface area contributed by atoms with E-state index in [4.69, 9.17) is 5.11 Å². The van der Waals surface area contributed by atoms with Crippen LogP contribution in [0.15, 0.2) is 17.0 Å². The Balaban J connectivity index is 2.41. The lowest BCUT2D eigenvalue weighted by atomic mass is 10.1. The smallest absolute Gasteiger partial charge is 0.341 e. The van der Waals surface area contributed by atoms with E-state index in [0.29, 0.717) is 6.07 Å². The summed E-state index contributed by atoms with van der Waals surface area (Å²) in [5, 5.41) is 8.75. The van der Waals surface area contributed by atoms with Crippen LogP contribution in [0, 0.1) is 17.6 Å². The maximum absolute atomic E-state index is 14.0. The highest BCUT2D eigenvalue weighted by molar-refractivity contribution is 7.91. The zero-order valence-corrected chi connectivity index (χ0v) is 11.4. The van der Waals surface area contributed by atoms with Gasteiger partial charge in [-0.05, 0) is 30.9 Å². The zero-order valence-electron chi connectivity index (χ0n) is 10.6. The quantitative estimate of drug-likeness (QED) is 0.868. The standard InChI is InChI=1S/C13H14F2O4S/c14-9-5-6-10(12(15)11(9)13(16)17)20(18,19)7-8-3-1-2-4-8/h5-6,8H,1-4,7H2,(H,16,17). The summed E-state index contributed by atoms with van der Waals surface area (Å²) in [5.74, 6) is -4.89. The number of halogens is 2. The molecule has 0 radical (unpaired) electrons. The van der Waals surface area contributed by atoms with Gasteiger partial charge in [-0.1, -0.05) is 12.8 Å². The second kappa shape index (κ2) is 5.47. The molecule has 7 heteroatoms. The van der Waals surface area contributed by atoms with Gasteiger partial charge in [-0.2, -0.15) is 0 Å². The average molecular weight is 304 g/mol. The lowest BCUT2D eigenvalue weighted by molar-refractivity contribution is 0.0685. The molecular weight excluding hydrogens is 290 g/mol. The van der Waals surface area contributed by atoms with Gasteiger partial charge >= 0.3 is 5.97 Å². The fraction of sp³-hybridized carbons (Fsp3) is 0.462. The van der Waals surface area contributed by atoms with Gasteiger partial charge in [-0.15, -0.1) is 0 Å². The minimum atomic E-state index is -3.95. The van der Waals surface area contributed by atoms with Crippen molar-refractivity contribution in [3.63, 3.8) is 0 Å². The summed E-state index contributed by atoms with van der Waals surface area (Å²) in [6, 6.07) is 1.47. The number of carbonyl (C=O) groups is 1. The van der Waals surface area contributed by atoms with E-state index in [9.17, 15) is 22.0 Å². The van der Waals surface area contributed by atoms with Crippen LogP contribution in [0.1, 0.15) is 36.0 Å². The molecule has 1 aromatic carbocycles. The predicted octanol–water partition coefficient (Wildman–Crippen LogP) is 2.63. The van der Waals surface area contributed by atoms with Crippen molar-refractivity contribution in [3.8, 4) is 0 Å². The summed E-state index contributed by atoms with van der Waals surface area (Å²) in [5.41, 5.74) is -1.22. The Morgan fingerprint density at radius 1 is 1.25 bits per heavy atom. The largest absolute Gasteiger partial charge is 0.477 e. The molecule has 1 saturated carbocycles. The third-order valence-corrected chi connectivity index (χ3v) is 5.43. The second-order valence-corrected chi connectivity index (χ2v) is 6.97. The number of carboxylic acid groups (broad SMARTS) is 1. The molecule has 2 rings (SSSR count). The Hall–Kier alpha value is -1.50. The first-order valence-electron chi connectivity index (χ1n) is 6.27. The number of carboxylic acids is 1. The Morgan fingerprint density at radius 3 is 2.40 bits per heavy atom. The maximum atomic E-state index is 14.0. The average Bonchev–Trinajstić information content (AvgIpc) is 2.79. The first-order chi connectivity index (χ1) is 9.33. The summed E-state index contributed by atoms with van der Waals surface area (Å²) < 4.78 is 51.5. The summed E-state index contributed by atoms with van der Waals surface area (Å²) in [4.78, 5) is 10.1. The highest BCUT2D eigenvalue weighted by Crippen LogP contribution is 2.30. The van der Waals surface area contributed by atoms with Crippen molar-refractivity contribution in [2.75, 3.05) is 5.75 Å². The van der Waals surface area contributed by atoms with Crippen LogP contribution in [0.5, 0.6) is 0 Å². The summed E-state index contributed by atoms with van der Waals surface area (Å²) in [6.45, 7) is 0. The fourth-order valence-corrected chi connectivity index (χ4v) is 4.33. The van der Waals surface area contributed by atoms with Crippen LogP contribution in [0.4, 0.5) is 8.78 Å². The van der Waals surface area contributed by atoms with E-state index in [1.54, 1.807) is 0 Å². The van der Waals surface area contributed by atoms with Crippen LogP contribution in [-0.2, 0) is 9.84 Å². The van der Waals surface area contributed by atoms with Crippen LogP contribution in [0.3, 0.4) is 0 Å². The van der Waals surface area contributed by atoms with Crippen LogP contribution in [0.25, 0.3) is 0 Å². The van der Waals surface area contributed by atoms with Gasteiger partial charge in [0.2, 0.25) is 0 Å². The van der Waals surface area contributed by atoms with Crippen molar-refractivity contribution in [1.82, 2.24) is 0 Å². The second-order valence-electron chi connectivity index (χ2n) is 4.97. The highest BCUT2D eigenvalue weighted by atomic mass is 32.2. The van der Waals surface area contributed by atoms with Crippen LogP contribution >= 0.6 is 0 Å². The van der Waals surface area contributed by atoms with Gasteiger partial charge in [0.05, 0.1) is 5.75 Å². The molecule has 0 aromatic heterocycles. The van der Waals surface area contributed by atoms with Crippen LogP contribution in [0.2, 0.25) is 0 Å². The minimum Gasteiger partial charge on any atom is -0.477 e. The van der Waals surface area contributed by atoms with E-state index < -0.39 is 37.9 Å². The molecular formula is C13H14F2O4S. The van der Waals surface area contributed by atoms with Crippen molar-refractivity contribution in [1.29, 1.82) is 0 Å². The third kappa shape index (κ3) is 2.82. The molecule has 20 heavy (non-hydrogen) atoms. The fourth-order valence-electron chi connectivity index (χ4n) is 2.55. The Bertz CT molecular complexity index is 634. The Kier molecular flexibility index (Phi) is 4.08. The molecule has 1 fully saturated rings. The van der Waals surface area contributed by atoms with Crippen molar-refractivity contribution >= 4 is 15.8 Å². The molecule has 0 atom stereocenters. The van der Waals surface area contributed by atoms with E-state index in [1.165, 1.54) is 0 Å². The number of hydrogen-bond donors (Lipinski definition) is 1. The first-order valence-corrected chi connectivity index (χ1v) is 7.92. The van der Waals surface area contributed by atoms with E-state index in [1.807, 2.05) is 0 Å². The normalized spacial score (nSPS) is 16.5. The summed E-state index contributed by atoms with van der Waals surface area (Å²) in [6.07, 6.45) is 3.39. The van der Waals surface area contributed by atoms with Crippen molar-refractivity contribution in [2.24, 2.45) is 5.92 Å².